The first-order valence-corrected chi connectivity index (χ1v) is 6.52. The topological polar surface area (TPSA) is 44.5 Å². The van der Waals surface area contributed by atoms with E-state index in [9.17, 15) is 0 Å². The maximum absolute atomic E-state index is 6.48. The molecule has 3 fully saturated rings. The van der Waals surface area contributed by atoms with E-state index in [1.54, 1.807) is 14.2 Å². The van der Waals surface area contributed by atoms with Crippen LogP contribution in [0.5, 0.6) is 0 Å². The zero-order valence-electron chi connectivity index (χ0n) is 10.3. The van der Waals surface area contributed by atoms with Gasteiger partial charge in [0.1, 0.15) is 0 Å². The highest BCUT2D eigenvalue weighted by molar-refractivity contribution is 5.13. The Morgan fingerprint density at radius 1 is 1.06 bits per heavy atom. The number of ether oxygens (including phenoxy) is 2. The van der Waals surface area contributed by atoms with Crippen LogP contribution in [-0.4, -0.2) is 32.5 Å². The third-order valence-corrected chi connectivity index (χ3v) is 5.64. The first-order valence-electron chi connectivity index (χ1n) is 6.52. The minimum atomic E-state index is 0.260. The molecule has 1 spiro atoms. The molecule has 3 aliphatic carbocycles. The van der Waals surface area contributed by atoms with Crippen LogP contribution in [0.2, 0.25) is 0 Å². The van der Waals surface area contributed by atoms with Gasteiger partial charge in [0, 0.05) is 20.3 Å². The Kier molecular flexibility index (Phi) is 2.54. The summed E-state index contributed by atoms with van der Waals surface area (Å²) in [6.45, 7) is 0. The molecular formula is C13H23NO2. The first kappa shape index (κ1) is 11.0. The smallest absolute Gasteiger partial charge is 0.0838 e. The lowest BCUT2D eigenvalue weighted by atomic mass is 9.69. The van der Waals surface area contributed by atoms with Crippen LogP contribution in [0.4, 0.5) is 0 Å². The Labute approximate surface area is 97.7 Å². The third kappa shape index (κ3) is 1.25. The van der Waals surface area contributed by atoms with Gasteiger partial charge in [0.25, 0.3) is 0 Å². The lowest BCUT2D eigenvalue weighted by molar-refractivity contribution is -0.0157. The fourth-order valence-corrected chi connectivity index (χ4v) is 4.78. The molecular weight excluding hydrogens is 202 g/mol. The van der Waals surface area contributed by atoms with Crippen LogP contribution in [-0.2, 0) is 9.47 Å². The second kappa shape index (κ2) is 3.69. The molecule has 3 heteroatoms. The molecule has 3 rings (SSSR count). The molecule has 0 unspecified atom stereocenters. The van der Waals surface area contributed by atoms with Gasteiger partial charge in [0.15, 0.2) is 0 Å². The van der Waals surface area contributed by atoms with E-state index < -0.39 is 0 Å². The molecule has 0 radical (unpaired) electrons. The second-order valence-electron chi connectivity index (χ2n) is 5.99. The molecule has 0 aromatic heterocycles. The summed E-state index contributed by atoms with van der Waals surface area (Å²) >= 11 is 0. The van der Waals surface area contributed by atoms with E-state index in [0.29, 0.717) is 11.5 Å². The Balaban J connectivity index is 1.85. The van der Waals surface area contributed by atoms with E-state index in [-0.39, 0.29) is 12.2 Å². The van der Waals surface area contributed by atoms with Crippen molar-refractivity contribution in [2.45, 2.75) is 50.4 Å². The Hall–Kier alpha value is -0.120. The molecule has 16 heavy (non-hydrogen) atoms. The number of nitrogens with two attached hydrogens (primary N) is 1. The van der Waals surface area contributed by atoms with Crippen molar-refractivity contribution in [3.8, 4) is 0 Å². The molecule has 0 aliphatic heterocycles. The summed E-state index contributed by atoms with van der Waals surface area (Å²) in [6, 6.07) is 0.393. The van der Waals surface area contributed by atoms with Crippen molar-refractivity contribution in [1.29, 1.82) is 0 Å². The first-order chi connectivity index (χ1) is 7.71. The quantitative estimate of drug-likeness (QED) is 0.775. The molecule has 2 bridgehead atoms. The number of methoxy groups -OCH3 is 2. The average molecular weight is 225 g/mol. The standard InChI is InChI=1S/C13H23NO2/c1-15-10-6-13(7-11(10)16-2)9-4-3-8(5-9)12(13)14/h8-12H,3-7,14H2,1-2H3/t8-,9+,10+,11+,12+/m1/s1. The highest BCUT2D eigenvalue weighted by Crippen LogP contribution is 2.62. The van der Waals surface area contributed by atoms with Crippen LogP contribution in [0.1, 0.15) is 32.1 Å². The fraction of sp³-hybridized carbons (Fsp3) is 1.00. The van der Waals surface area contributed by atoms with Gasteiger partial charge in [0.2, 0.25) is 0 Å². The van der Waals surface area contributed by atoms with Gasteiger partial charge in [-0.2, -0.15) is 0 Å². The number of hydrogen-bond donors (Lipinski definition) is 1. The third-order valence-electron chi connectivity index (χ3n) is 5.64. The van der Waals surface area contributed by atoms with Gasteiger partial charge in [-0.05, 0) is 49.4 Å². The maximum atomic E-state index is 6.48. The summed E-state index contributed by atoms with van der Waals surface area (Å²) in [5, 5.41) is 0. The van der Waals surface area contributed by atoms with Gasteiger partial charge in [0.05, 0.1) is 12.2 Å². The molecule has 2 N–H and O–H groups in total. The zero-order chi connectivity index (χ0) is 11.3. The minimum absolute atomic E-state index is 0.260. The maximum Gasteiger partial charge on any atom is 0.0838 e. The summed E-state index contributed by atoms with van der Waals surface area (Å²) in [6.07, 6.45) is 6.84. The van der Waals surface area contributed by atoms with Crippen LogP contribution in [0.15, 0.2) is 0 Å². The molecule has 3 aliphatic rings. The van der Waals surface area contributed by atoms with Crippen molar-refractivity contribution >= 4 is 0 Å². The summed E-state index contributed by atoms with van der Waals surface area (Å²) in [7, 11) is 3.60. The predicted octanol–water partition coefficient (Wildman–Crippen LogP) is 1.55. The summed E-state index contributed by atoms with van der Waals surface area (Å²) in [4.78, 5) is 0. The molecule has 0 aromatic carbocycles. The molecule has 0 amide bonds. The fourth-order valence-electron chi connectivity index (χ4n) is 4.78. The highest BCUT2D eigenvalue weighted by Gasteiger charge is 2.61. The van der Waals surface area contributed by atoms with Crippen molar-refractivity contribution in [2.24, 2.45) is 23.0 Å². The summed E-state index contributed by atoms with van der Waals surface area (Å²) in [5.74, 6) is 1.61. The summed E-state index contributed by atoms with van der Waals surface area (Å²) < 4.78 is 11.2. The van der Waals surface area contributed by atoms with Crippen molar-refractivity contribution in [1.82, 2.24) is 0 Å². The van der Waals surface area contributed by atoms with Crippen LogP contribution in [0, 0.1) is 17.3 Å². The highest BCUT2D eigenvalue weighted by atomic mass is 16.5. The average Bonchev–Trinajstić information content (AvgIpc) is 2.97. The van der Waals surface area contributed by atoms with Crippen LogP contribution >= 0.6 is 0 Å². The lowest BCUT2D eigenvalue weighted by Gasteiger charge is -2.39. The summed E-state index contributed by atoms with van der Waals surface area (Å²) in [5.41, 5.74) is 6.82. The van der Waals surface area contributed by atoms with E-state index in [2.05, 4.69) is 0 Å². The van der Waals surface area contributed by atoms with Crippen molar-refractivity contribution in [3.63, 3.8) is 0 Å². The predicted molar refractivity (Wildman–Crippen MR) is 62.1 cm³/mol. The van der Waals surface area contributed by atoms with E-state index in [1.807, 2.05) is 0 Å². The molecule has 3 saturated carbocycles. The van der Waals surface area contributed by atoms with E-state index >= 15 is 0 Å². The van der Waals surface area contributed by atoms with E-state index in [0.717, 1.165) is 24.7 Å². The van der Waals surface area contributed by atoms with Crippen molar-refractivity contribution < 1.29 is 9.47 Å². The van der Waals surface area contributed by atoms with Crippen molar-refractivity contribution in [2.75, 3.05) is 14.2 Å². The van der Waals surface area contributed by atoms with E-state index in [1.165, 1.54) is 19.3 Å². The SMILES string of the molecule is CO[C@H]1CC2(C[C@@H]1OC)[C@H]1CC[C@H](C1)[C@@H]2N. The Morgan fingerprint density at radius 3 is 2.12 bits per heavy atom. The molecule has 5 atom stereocenters. The molecule has 92 valence electrons. The minimum Gasteiger partial charge on any atom is -0.379 e. The van der Waals surface area contributed by atoms with Gasteiger partial charge >= 0.3 is 0 Å². The van der Waals surface area contributed by atoms with Gasteiger partial charge in [-0.25, -0.2) is 0 Å². The van der Waals surface area contributed by atoms with Crippen LogP contribution in [0.25, 0.3) is 0 Å². The molecule has 0 saturated heterocycles. The zero-order valence-corrected chi connectivity index (χ0v) is 10.3. The molecule has 0 heterocycles. The van der Waals surface area contributed by atoms with Gasteiger partial charge in [-0.15, -0.1) is 0 Å². The Morgan fingerprint density at radius 2 is 1.69 bits per heavy atom. The van der Waals surface area contributed by atoms with Gasteiger partial charge < -0.3 is 15.2 Å². The largest absolute Gasteiger partial charge is 0.379 e. The molecule has 0 aromatic rings. The number of hydrogen-bond acceptors (Lipinski definition) is 3. The molecule has 3 nitrogen and oxygen atoms in total. The van der Waals surface area contributed by atoms with Crippen LogP contribution < -0.4 is 5.73 Å². The van der Waals surface area contributed by atoms with Crippen LogP contribution in [0.3, 0.4) is 0 Å². The van der Waals surface area contributed by atoms with Gasteiger partial charge in [-0.1, -0.05) is 0 Å². The lowest BCUT2D eigenvalue weighted by Crippen LogP contribution is -2.45. The number of fused-ring (bicyclic) bond motifs is 3. The monoisotopic (exact) mass is 225 g/mol. The number of rotatable bonds is 2. The Bertz CT molecular complexity index is 265. The normalized spacial score (nSPS) is 49.3. The second-order valence-corrected chi connectivity index (χ2v) is 5.99. The van der Waals surface area contributed by atoms with Gasteiger partial charge in [-0.3, -0.25) is 0 Å². The van der Waals surface area contributed by atoms with E-state index in [4.69, 9.17) is 15.2 Å². The van der Waals surface area contributed by atoms with Crippen molar-refractivity contribution in [3.05, 3.63) is 0 Å².